The van der Waals surface area contributed by atoms with Crippen molar-refractivity contribution in [2.45, 2.75) is 25.6 Å². The summed E-state index contributed by atoms with van der Waals surface area (Å²) in [7, 11) is 0. The number of rotatable bonds is 7. The van der Waals surface area contributed by atoms with E-state index in [0.29, 0.717) is 19.6 Å². The molecule has 27 heavy (non-hydrogen) atoms. The lowest BCUT2D eigenvalue weighted by Crippen LogP contribution is -2.45. The van der Waals surface area contributed by atoms with Gasteiger partial charge in [-0.15, -0.1) is 0 Å². The second-order valence-corrected chi connectivity index (χ2v) is 7.20. The normalized spacial score (nSPS) is 16.6. The molecule has 2 amide bonds. The number of halogens is 1. The van der Waals surface area contributed by atoms with Gasteiger partial charge in [0, 0.05) is 19.6 Å². The van der Waals surface area contributed by atoms with Crippen LogP contribution in [-0.2, 0) is 13.1 Å². The van der Waals surface area contributed by atoms with Crippen molar-refractivity contribution in [1.82, 2.24) is 19.4 Å². The van der Waals surface area contributed by atoms with Crippen molar-refractivity contribution >= 4 is 23.4 Å². The fourth-order valence-electron chi connectivity index (χ4n) is 3.14. The van der Waals surface area contributed by atoms with E-state index in [-0.39, 0.29) is 30.2 Å². The number of carbonyl (C=O) groups is 1. The lowest BCUT2D eigenvalue weighted by Gasteiger charge is -2.29. The Balaban J connectivity index is 1.62. The maximum Gasteiger partial charge on any atom is 0.383 e. The highest BCUT2D eigenvalue weighted by molar-refractivity contribution is 6.28. The molecule has 0 bridgehead atoms. The molecule has 0 saturated carbocycles. The second-order valence-electron chi connectivity index (χ2n) is 6.86. The molecule has 1 unspecified atom stereocenters. The summed E-state index contributed by atoms with van der Waals surface area (Å²) < 4.78 is 1.31. The zero-order valence-electron chi connectivity index (χ0n) is 14.8. The van der Waals surface area contributed by atoms with Crippen molar-refractivity contribution in [1.29, 1.82) is 0 Å². The van der Waals surface area contributed by atoms with E-state index >= 15 is 0 Å². The molecular weight excluding hydrogens is 374 g/mol. The molecule has 0 radical (unpaired) electrons. The smallest absolute Gasteiger partial charge is 0.383 e. The highest BCUT2D eigenvalue weighted by Crippen LogP contribution is 2.21. The lowest BCUT2D eigenvalue weighted by atomic mass is 10.1. The summed E-state index contributed by atoms with van der Waals surface area (Å²) in [4.78, 5) is 29.7. The number of hydrogen-bond donors (Lipinski definition) is 1. The summed E-state index contributed by atoms with van der Waals surface area (Å²) in [6, 6.07) is 9.53. The first-order valence-corrected chi connectivity index (χ1v) is 8.80. The number of imidazole rings is 1. The molecule has 10 heteroatoms. The average Bonchev–Trinajstić information content (AvgIpc) is 3.13. The van der Waals surface area contributed by atoms with Crippen LogP contribution >= 0.6 is 11.6 Å². The minimum absolute atomic E-state index is 0.0187. The molecule has 1 aliphatic rings. The topological polar surface area (TPSA) is 105 Å². The largest absolute Gasteiger partial charge is 0.386 e. The van der Waals surface area contributed by atoms with Gasteiger partial charge in [-0.1, -0.05) is 30.3 Å². The van der Waals surface area contributed by atoms with Gasteiger partial charge in [-0.05, 0) is 34.0 Å². The Labute approximate surface area is 160 Å². The highest BCUT2D eigenvalue weighted by Gasteiger charge is 2.35. The lowest BCUT2D eigenvalue weighted by molar-refractivity contribution is -0.389. The van der Waals surface area contributed by atoms with E-state index < -0.39 is 10.5 Å². The number of urea groups is 1. The average molecular weight is 394 g/mol. The number of aromatic nitrogens is 2. The van der Waals surface area contributed by atoms with Crippen LogP contribution in [0.1, 0.15) is 12.5 Å². The zero-order chi connectivity index (χ0) is 19.6. The quantitative estimate of drug-likeness (QED) is 0.573. The zero-order valence-corrected chi connectivity index (χ0v) is 15.5. The molecule has 3 rings (SSSR count). The number of amides is 2. The number of hydrogen-bond acceptors (Lipinski definition) is 5. The van der Waals surface area contributed by atoms with Gasteiger partial charge in [0.2, 0.25) is 0 Å². The van der Waals surface area contributed by atoms with Crippen molar-refractivity contribution in [3.8, 4) is 0 Å². The minimum atomic E-state index is -1.32. The number of β-amino-alcohol motifs (C(OH)–C–C–N with tert-alkyl or cyclic N) is 1. The van der Waals surface area contributed by atoms with Crippen LogP contribution in [-0.4, -0.2) is 60.6 Å². The van der Waals surface area contributed by atoms with E-state index in [0.717, 1.165) is 5.56 Å². The Morgan fingerprint density at radius 3 is 2.56 bits per heavy atom. The molecule has 0 aliphatic carbocycles. The summed E-state index contributed by atoms with van der Waals surface area (Å²) in [5.74, 6) is -0.387. The van der Waals surface area contributed by atoms with Gasteiger partial charge in [-0.2, -0.15) is 0 Å². The summed E-state index contributed by atoms with van der Waals surface area (Å²) in [6.45, 7) is 3.20. The van der Waals surface area contributed by atoms with Gasteiger partial charge in [0.25, 0.3) is 0 Å². The molecule has 1 N–H and O–H groups in total. The van der Waals surface area contributed by atoms with Gasteiger partial charge >= 0.3 is 17.1 Å². The number of nitro groups is 1. The molecule has 0 spiro atoms. The van der Waals surface area contributed by atoms with E-state index in [9.17, 15) is 20.0 Å². The molecule has 144 valence electrons. The number of aliphatic hydroxyl groups is 1. The van der Waals surface area contributed by atoms with Crippen molar-refractivity contribution in [2.24, 2.45) is 0 Å². The van der Waals surface area contributed by atoms with Gasteiger partial charge in [0.15, 0.2) is 0 Å². The predicted molar refractivity (Wildman–Crippen MR) is 98.3 cm³/mol. The molecule has 2 aromatic rings. The van der Waals surface area contributed by atoms with Crippen LogP contribution in [0.5, 0.6) is 0 Å². The van der Waals surface area contributed by atoms with Crippen LogP contribution in [0.4, 0.5) is 10.6 Å². The highest BCUT2D eigenvalue weighted by atomic mass is 35.5. The monoisotopic (exact) mass is 393 g/mol. The molecule has 1 atom stereocenters. The van der Waals surface area contributed by atoms with Crippen molar-refractivity contribution in [3.05, 3.63) is 57.5 Å². The molecule has 1 aromatic carbocycles. The van der Waals surface area contributed by atoms with Gasteiger partial charge in [0.1, 0.15) is 6.20 Å². The molecular formula is C17H20ClN5O4. The molecule has 9 nitrogen and oxygen atoms in total. The molecule has 1 aromatic heterocycles. The van der Waals surface area contributed by atoms with Crippen molar-refractivity contribution in [2.75, 3.05) is 19.6 Å². The maximum absolute atomic E-state index is 12.6. The van der Waals surface area contributed by atoms with Crippen LogP contribution in [0.2, 0.25) is 5.28 Å². The maximum atomic E-state index is 12.6. The van der Waals surface area contributed by atoms with Crippen LogP contribution in [0, 0.1) is 10.1 Å². The summed E-state index contributed by atoms with van der Waals surface area (Å²) in [5, 5.41) is 21.4. The fourth-order valence-corrected chi connectivity index (χ4v) is 3.33. The third-order valence-electron chi connectivity index (χ3n) is 4.34. The third kappa shape index (κ3) is 4.55. The Kier molecular flexibility index (Phi) is 5.33. The fraction of sp³-hybridized carbons (Fsp3) is 0.412. The van der Waals surface area contributed by atoms with Gasteiger partial charge in [-0.3, -0.25) is 4.57 Å². The molecule has 1 fully saturated rings. The van der Waals surface area contributed by atoms with Crippen molar-refractivity contribution < 1.29 is 14.8 Å². The SMILES string of the molecule is CC(O)(CN1CCN(Cc2ccccc2)C1=O)Cn1cc([N+](=O)[O-])nc1Cl. The molecule has 1 saturated heterocycles. The van der Waals surface area contributed by atoms with Crippen LogP contribution in [0.3, 0.4) is 0 Å². The molecule has 2 heterocycles. The van der Waals surface area contributed by atoms with Crippen LogP contribution < -0.4 is 0 Å². The number of carbonyl (C=O) groups excluding carboxylic acids is 1. The summed E-state index contributed by atoms with van der Waals surface area (Å²) in [5.41, 5.74) is -0.284. The van der Waals surface area contributed by atoms with E-state index in [1.807, 2.05) is 30.3 Å². The van der Waals surface area contributed by atoms with E-state index in [4.69, 9.17) is 11.6 Å². The van der Waals surface area contributed by atoms with Gasteiger partial charge in [0.05, 0.1) is 18.7 Å². The molecule has 1 aliphatic heterocycles. The minimum Gasteiger partial charge on any atom is -0.386 e. The van der Waals surface area contributed by atoms with Crippen molar-refractivity contribution in [3.63, 3.8) is 0 Å². The Morgan fingerprint density at radius 1 is 1.26 bits per heavy atom. The van der Waals surface area contributed by atoms with Gasteiger partial charge in [-0.25, -0.2) is 4.79 Å². The van der Waals surface area contributed by atoms with Gasteiger partial charge < -0.3 is 25.0 Å². The first-order chi connectivity index (χ1) is 12.7. The predicted octanol–water partition coefficient (Wildman–Crippen LogP) is 2.13. The second kappa shape index (κ2) is 7.53. The van der Waals surface area contributed by atoms with Crippen LogP contribution in [0.25, 0.3) is 0 Å². The Bertz CT molecular complexity index is 839. The number of nitrogens with zero attached hydrogens (tertiary/aromatic N) is 5. The first-order valence-electron chi connectivity index (χ1n) is 8.42. The third-order valence-corrected chi connectivity index (χ3v) is 4.64. The number of benzene rings is 1. The Hall–Kier alpha value is -2.65. The Morgan fingerprint density at radius 2 is 1.93 bits per heavy atom. The van der Waals surface area contributed by atoms with E-state index in [2.05, 4.69) is 4.98 Å². The van der Waals surface area contributed by atoms with Crippen LogP contribution in [0.15, 0.2) is 36.5 Å². The summed E-state index contributed by atoms with van der Waals surface area (Å²) >= 11 is 5.90. The van der Waals surface area contributed by atoms with E-state index in [1.54, 1.807) is 16.7 Å². The summed E-state index contributed by atoms with van der Waals surface area (Å²) in [6.07, 6.45) is 1.17. The standard InChI is InChI=1S/C17H20ClN5O4/c1-17(25,12-22-10-14(23(26)27)19-15(22)18)11-21-8-7-20(16(21)24)9-13-5-3-2-4-6-13/h2-6,10,25H,7-9,11-12H2,1H3. The first kappa shape index (κ1) is 19.1. The van der Waals surface area contributed by atoms with E-state index in [1.165, 1.54) is 10.8 Å².